The summed E-state index contributed by atoms with van der Waals surface area (Å²) in [6.07, 6.45) is 3.09. The highest BCUT2D eigenvalue weighted by Crippen LogP contribution is 2.21. The number of rotatable bonds is 5. The number of carbonyl (C=O) groups is 2. The van der Waals surface area contributed by atoms with E-state index in [9.17, 15) is 9.59 Å². The zero-order valence-electron chi connectivity index (χ0n) is 15.6. The molecule has 0 saturated carbocycles. The lowest BCUT2D eigenvalue weighted by molar-refractivity contribution is -0.128. The van der Waals surface area contributed by atoms with Crippen molar-refractivity contribution in [2.45, 2.75) is 27.7 Å². The first-order valence-electron chi connectivity index (χ1n) is 8.40. The van der Waals surface area contributed by atoms with Crippen LogP contribution in [0.3, 0.4) is 0 Å². The maximum Gasteiger partial charge on any atom is 0.276 e. The first-order valence-corrected chi connectivity index (χ1v) is 8.40. The number of aryl methyl sites for hydroxylation is 4. The zero-order chi connectivity index (χ0) is 19.1. The molecule has 2 amide bonds. The molecular formula is C21H24N2O3. The van der Waals surface area contributed by atoms with E-state index in [4.69, 9.17) is 4.74 Å². The Labute approximate surface area is 154 Å². The quantitative estimate of drug-likeness (QED) is 0.642. The molecule has 2 aromatic rings. The SMILES string of the molecule is Cc1ccc(/C=C/C(=O)NNC(=O)COc2c(C)cccc2C)c(C)c1. The van der Waals surface area contributed by atoms with Gasteiger partial charge in [0.25, 0.3) is 11.8 Å². The molecule has 0 radical (unpaired) electrons. The minimum atomic E-state index is -0.430. The second-order valence-electron chi connectivity index (χ2n) is 6.24. The summed E-state index contributed by atoms with van der Waals surface area (Å²) >= 11 is 0. The minimum Gasteiger partial charge on any atom is -0.483 e. The number of hydrogen-bond acceptors (Lipinski definition) is 3. The summed E-state index contributed by atoms with van der Waals surface area (Å²) in [5.74, 6) is -0.157. The van der Waals surface area contributed by atoms with Crippen LogP contribution in [0.4, 0.5) is 0 Å². The van der Waals surface area contributed by atoms with Gasteiger partial charge in [0.15, 0.2) is 6.61 Å². The Morgan fingerprint density at radius 2 is 1.65 bits per heavy atom. The van der Waals surface area contributed by atoms with Gasteiger partial charge in [-0.15, -0.1) is 0 Å². The van der Waals surface area contributed by atoms with Crippen LogP contribution in [0.25, 0.3) is 6.08 Å². The summed E-state index contributed by atoms with van der Waals surface area (Å²) in [6, 6.07) is 11.7. The maximum absolute atomic E-state index is 11.8. The molecule has 0 bridgehead atoms. The molecule has 0 heterocycles. The fourth-order valence-corrected chi connectivity index (χ4v) is 2.55. The van der Waals surface area contributed by atoms with Crippen molar-refractivity contribution in [3.05, 3.63) is 70.3 Å². The topological polar surface area (TPSA) is 67.4 Å². The van der Waals surface area contributed by atoms with Gasteiger partial charge >= 0.3 is 0 Å². The fourth-order valence-electron chi connectivity index (χ4n) is 2.55. The molecule has 0 aliphatic heterocycles. The lowest BCUT2D eigenvalue weighted by atomic mass is 10.1. The minimum absolute atomic E-state index is 0.174. The highest BCUT2D eigenvalue weighted by molar-refractivity contribution is 5.93. The van der Waals surface area contributed by atoms with Crippen molar-refractivity contribution in [2.75, 3.05) is 6.61 Å². The summed E-state index contributed by atoms with van der Waals surface area (Å²) in [6.45, 7) is 7.66. The normalized spacial score (nSPS) is 10.6. The van der Waals surface area contributed by atoms with Crippen molar-refractivity contribution in [3.8, 4) is 5.75 Å². The first kappa shape index (κ1) is 19.2. The molecule has 0 saturated heterocycles. The van der Waals surface area contributed by atoms with Crippen LogP contribution < -0.4 is 15.6 Å². The van der Waals surface area contributed by atoms with E-state index in [1.807, 2.05) is 64.1 Å². The van der Waals surface area contributed by atoms with E-state index in [2.05, 4.69) is 10.9 Å². The Balaban J connectivity index is 1.81. The predicted octanol–water partition coefficient (Wildman–Crippen LogP) is 3.16. The van der Waals surface area contributed by atoms with E-state index in [1.54, 1.807) is 6.08 Å². The predicted molar refractivity (Wildman–Crippen MR) is 103 cm³/mol. The molecule has 0 unspecified atom stereocenters. The Morgan fingerprint density at radius 3 is 2.31 bits per heavy atom. The molecular weight excluding hydrogens is 328 g/mol. The van der Waals surface area contributed by atoms with Crippen molar-refractivity contribution in [1.82, 2.24) is 10.9 Å². The van der Waals surface area contributed by atoms with E-state index in [1.165, 1.54) is 11.6 Å². The van der Waals surface area contributed by atoms with Gasteiger partial charge in [-0.1, -0.05) is 42.0 Å². The Morgan fingerprint density at radius 1 is 0.962 bits per heavy atom. The van der Waals surface area contributed by atoms with Crippen LogP contribution in [0.5, 0.6) is 5.75 Å². The van der Waals surface area contributed by atoms with Gasteiger partial charge in [0.1, 0.15) is 5.75 Å². The molecule has 2 aromatic carbocycles. The average Bonchev–Trinajstić information content (AvgIpc) is 2.58. The number of amides is 2. The van der Waals surface area contributed by atoms with Gasteiger partial charge < -0.3 is 4.74 Å². The summed E-state index contributed by atoms with van der Waals surface area (Å²) < 4.78 is 5.54. The molecule has 0 aliphatic rings. The van der Waals surface area contributed by atoms with Gasteiger partial charge in [0.05, 0.1) is 0 Å². The van der Waals surface area contributed by atoms with Crippen LogP contribution in [0, 0.1) is 27.7 Å². The van der Waals surface area contributed by atoms with Gasteiger partial charge in [-0.3, -0.25) is 20.4 Å². The summed E-state index contributed by atoms with van der Waals surface area (Å²) in [5, 5.41) is 0. The van der Waals surface area contributed by atoms with Gasteiger partial charge in [0.2, 0.25) is 0 Å². The molecule has 5 nitrogen and oxygen atoms in total. The molecule has 0 atom stereocenters. The van der Waals surface area contributed by atoms with Crippen molar-refractivity contribution in [3.63, 3.8) is 0 Å². The highest BCUT2D eigenvalue weighted by atomic mass is 16.5. The molecule has 5 heteroatoms. The van der Waals surface area contributed by atoms with Gasteiger partial charge in [-0.25, -0.2) is 0 Å². The Bertz CT molecular complexity index is 821. The third-order valence-corrected chi connectivity index (χ3v) is 3.92. The standard InChI is InChI=1S/C21H24N2O3/c1-14-8-9-18(17(4)12-14)10-11-19(24)22-23-20(25)13-26-21-15(2)6-5-7-16(21)3/h5-12H,13H2,1-4H3,(H,22,24)(H,23,25)/b11-10+. The number of ether oxygens (including phenoxy) is 1. The second kappa shape index (κ2) is 8.85. The largest absolute Gasteiger partial charge is 0.483 e. The van der Waals surface area contributed by atoms with E-state index in [0.717, 1.165) is 22.3 Å². The van der Waals surface area contributed by atoms with Crippen LogP contribution >= 0.6 is 0 Å². The zero-order valence-corrected chi connectivity index (χ0v) is 15.6. The Kier molecular flexibility index (Phi) is 6.55. The Hall–Kier alpha value is -3.08. The summed E-state index contributed by atoms with van der Waals surface area (Å²) in [7, 11) is 0. The van der Waals surface area contributed by atoms with Crippen LogP contribution in [0.2, 0.25) is 0 Å². The van der Waals surface area contributed by atoms with Crippen LogP contribution in [-0.4, -0.2) is 18.4 Å². The molecule has 2 rings (SSSR count). The van der Waals surface area contributed by atoms with Gasteiger partial charge in [-0.2, -0.15) is 0 Å². The lowest BCUT2D eigenvalue weighted by Crippen LogP contribution is -2.43. The van der Waals surface area contributed by atoms with Gasteiger partial charge in [-0.05, 0) is 56.0 Å². The maximum atomic E-state index is 11.8. The number of benzene rings is 2. The van der Waals surface area contributed by atoms with Crippen molar-refractivity contribution in [2.24, 2.45) is 0 Å². The second-order valence-corrected chi connectivity index (χ2v) is 6.24. The monoisotopic (exact) mass is 352 g/mol. The molecule has 0 fully saturated rings. The highest BCUT2D eigenvalue weighted by Gasteiger charge is 2.07. The van der Waals surface area contributed by atoms with Crippen molar-refractivity contribution < 1.29 is 14.3 Å². The average molecular weight is 352 g/mol. The fraction of sp³-hybridized carbons (Fsp3) is 0.238. The number of carbonyl (C=O) groups excluding carboxylic acids is 2. The van der Waals surface area contributed by atoms with Crippen LogP contribution in [0.15, 0.2) is 42.5 Å². The number of hydrazine groups is 1. The van der Waals surface area contributed by atoms with Crippen LogP contribution in [0.1, 0.15) is 27.8 Å². The smallest absolute Gasteiger partial charge is 0.276 e. The molecule has 136 valence electrons. The molecule has 0 aliphatic carbocycles. The number of hydrogen-bond donors (Lipinski definition) is 2. The third kappa shape index (κ3) is 5.48. The summed E-state index contributed by atoms with van der Waals surface area (Å²) in [4.78, 5) is 23.7. The van der Waals surface area contributed by atoms with E-state index in [0.29, 0.717) is 5.75 Å². The van der Waals surface area contributed by atoms with Crippen molar-refractivity contribution >= 4 is 17.9 Å². The third-order valence-electron chi connectivity index (χ3n) is 3.92. The van der Waals surface area contributed by atoms with E-state index >= 15 is 0 Å². The molecule has 26 heavy (non-hydrogen) atoms. The number of para-hydroxylation sites is 1. The summed E-state index contributed by atoms with van der Waals surface area (Å²) in [5.41, 5.74) is 9.80. The van der Waals surface area contributed by atoms with Crippen molar-refractivity contribution in [1.29, 1.82) is 0 Å². The van der Waals surface area contributed by atoms with Gasteiger partial charge in [0, 0.05) is 6.08 Å². The molecule has 2 N–H and O–H groups in total. The first-order chi connectivity index (χ1) is 12.4. The lowest BCUT2D eigenvalue weighted by Gasteiger charge is -2.12. The van der Waals surface area contributed by atoms with E-state index < -0.39 is 11.8 Å². The molecule has 0 spiro atoms. The van der Waals surface area contributed by atoms with E-state index in [-0.39, 0.29) is 6.61 Å². The number of nitrogens with one attached hydrogen (secondary N) is 2. The van der Waals surface area contributed by atoms with Crippen LogP contribution in [-0.2, 0) is 9.59 Å². The molecule has 0 aromatic heterocycles.